The van der Waals surface area contributed by atoms with Crippen molar-refractivity contribution in [2.24, 2.45) is 11.7 Å². The summed E-state index contributed by atoms with van der Waals surface area (Å²) >= 11 is 0. The third kappa shape index (κ3) is 4.31. The lowest BCUT2D eigenvalue weighted by molar-refractivity contribution is -0.149. The Hall–Kier alpha value is -1.89. The Balaban J connectivity index is 1.91. The van der Waals surface area contributed by atoms with E-state index in [0.717, 1.165) is 12.8 Å². The van der Waals surface area contributed by atoms with Gasteiger partial charge in [-0.1, -0.05) is 13.3 Å². The molecule has 2 rings (SSSR count). The minimum atomic E-state index is -0.281. The highest BCUT2D eigenvalue weighted by Crippen LogP contribution is 2.21. The second-order valence-corrected chi connectivity index (χ2v) is 5.78. The molecule has 23 heavy (non-hydrogen) atoms. The van der Waals surface area contributed by atoms with E-state index >= 15 is 0 Å². The van der Waals surface area contributed by atoms with Crippen molar-refractivity contribution >= 4 is 11.9 Å². The van der Waals surface area contributed by atoms with Gasteiger partial charge in [0.2, 0.25) is 5.89 Å². The number of oxazole rings is 1. The maximum absolute atomic E-state index is 12.4. The summed E-state index contributed by atoms with van der Waals surface area (Å²) < 4.78 is 10.4. The molecule has 7 heteroatoms. The Morgan fingerprint density at radius 3 is 2.74 bits per heavy atom. The van der Waals surface area contributed by atoms with Gasteiger partial charge in [-0.25, -0.2) is 4.98 Å². The van der Waals surface area contributed by atoms with Crippen LogP contribution >= 0.6 is 0 Å². The summed E-state index contributed by atoms with van der Waals surface area (Å²) in [5.74, 6) is -0.0682. The van der Waals surface area contributed by atoms with Crippen molar-refractivity contribution in [2.45, 2.75) is 45.6 Å². The van der Waals surface area contributed by atoms with E-state index in [1.54, 1.807) is 11.8 Å². The van der Waals surface area contributed by atoms with Gasteiger partial charge >= 0.3 is 5.97 Å². The van der Waals surface area contributed by atoms with Gasteiger partial charge in [-0.2, -0.15) is 0 Å². The number of esters is 1. The fraction of sp³-hybridized carbons (Fsp3) is 0.688. The summed E-state index contributed by atoms with van der Waals surface area (Å²) in [5, 5.41) is 0. The van der Waals surface area contributed by atoms with Crippen molar-refractivity contribution in [3.63, 3.8) is 0 Å². The summed E-state index contributed by atoms with van der Waals surface area (Å²) in [6.07, 6.45) is 4.28. The molecule has 0 saturated carbocycles. The number of likely N-dealkylation sites (tertiary alicyclic amines) is 1. The van der Waals surface area contributed by atoms with Crippen LogP contribution in [0.4, 0.5) is 0 Å². The topological polar surface area (TPSA) is 98.7 Å². The molecule has 2 N–H and O–H groups in total. The molecule has 1 aliphatic heterocycles. The molecule has 1 aromatic rings. The molecular formula is C16H25N3O4. The molecule has 0 aromatic carbocycles. The molecule has 0 spiro atoms. The maximum atomic E-state index is 12.4. The molecule has 1 saturated heterocycles. The number of nitrogens with zero attached hydrogens (tertiary/aromatic N) is 2. The van der Waals surface area contributed by atoms with Gasteiger partial charge < -0.3 is 19.8 Å². The van der Waals surface area contributed by atoms with Crippen LogP contribution in [0.25, 0.3) is 0 Å². The van der Waals surface area contributed by atoms with Crippen molar-refractivity contribution in [3.8, 4) is 0 Å². The van der Waals surface area contributed by atoms with Crippen LogP contribution in [0.3, 0.4) is 0 Å². The van der Waals surface area contributed by atoms with Crippen LogP contribution in [0, 0.1) is 5.92 Å². The standard InChI is InChI=1S/C16H25N3O4/c1-3-5-12(17)14-18-13(10-23-14)15(20)19-8-6-11(7-9-19)16(21)22-4-2/h10-12H,3-9,17H2,1-2H3. The van der Waals surface area contributed by atoms with Crippen molar-refractivity contribution in [3.05, 3.63) is 17.8 Å². The smallest absolute Gasteiger partial charge is 0.309 e. The number of hydrogen-bond acceptors (Lipinski definition) is 6. The van der Waals surface area contributed by atoms with Gasteiger partial charge in [-0.3, -0.25) is 9.59 Å². The zero-order chi connectivity index (χ0) is 16.8. The third-order valence-electron chi connectivity index (χ3n) is 4.06. The molecule has 1 atom stereocenters. The quantitative estimate of drug-likeness (QED) is 0.803. The van der Waals surface area contributed by atoms with Gasteiger partial charge in [0.25, 0.3) is 5.91 Å². The van der Waals surface area contributed by atoms with E-state index < -0.39 is 0 Å². The lowest BCUT2D eigenvalue weighted by Crippen LogP contribution is -2.40. The van der Waals surface area contributed by atoms with Crippen LogP contribution < -0.4 is 5.73 Å². The van der Waals surface area contributed by atoms with Gasteiger partial charge in [-0.05, 0) is 26.2 Å². The number of aromatic nitrogens is 1. The molecule has 0 radical (unpaired) electrons. The number of carbonyl (C=O) groups is 2. The van der Waals surface area contributed by atoms with Crippen LogP contribution in [0.15, 0.2) is 10.7 Å². The van der Waals surface area contributed by atoms with Gasteiger partial charge in [-0.15, -0.1) is 0 Å². The van der Waals surface area contributed by atoms with E-state index in [0.29, 0.717) is 38.4 Å². The second-order valence-electron chi connectivity index (χ2n) is 5.78. The fourth-order valence-corrected chi connectivity index (χ4v) is 2.73. The normalized spacial score (nSPS) is 17.1. The summed E-state index contributed by atoms with van der Waals surface area (Å²) in [4.78, 5) is 30.1. The number of carbonyl (C=O) groups excluding carboxylic acids is 2. The zero-order valence-electron chi connectivity index (χ0n) is 13.8. The van der Waals surface area contributed by atoms with E-state index in [-0.39, 0.29) is 29.5 Å². The first-order valence-electron chi connectivity index (χ1n) is 8.23. The lowest BCUT2D eigenvalue weighted by Gasteiger charge is -2.30. The number of nitrogens with two attached hydrogens (primary N) is 1. The largest absolute Gasteiger partial charge is 0.466 e. The van der Waals surface area contributed by atoms with Crippen LogP contribution in [0.5, 0.6) is 0 Å². The molecule has 7 nitrogen and oxygen atoms in total. The molecule has 1 aliphatic rings. The summed E-state index contributed by atoms with van der Waals surface area (Å²) in [7, 11) is 0. The number of ether oxygens (including phenoxy) is 1. The molecule has 1 fully saturated rings. The minimum Gasteiger partial charge on any atom is -0.466 e. The van der Waals surface area contributed by atoms with E-state index in [2.05, 4.69) is 4.98 Å². The average molecular weight is 323 g/mol. The molecule has 0 aliphatic carbocycles. The molecule has 1 aromatic heterocycles. The van der Waals surface area contributed by atoms with Gasteiger partial charge in [0.1, 0.15) is 6.26 Å². The molecular weight excluding hydrogens is 298 g/mol. The van der Waals surface area contributed by atoms with Crippen molar-refractivity contribution in [1.29, 1.82) is 0 Å². The van der Waals surface area contributed by atoms with Gasteiger partial charge in [0, 0.05) is 13.1 Å². The van der Waals surface area contributed by atoms with Crippen molar-refractivity contribution < 1.29 is 18.7 Å². The van der Waals surface area contributed by atoms with Crippen molar-refractivity contribution in [1.82, 2.24) is 9.88 Å². The first-order valence-corrected chi connectivity index (χ1v) is 8.23. The van der Waals surface area contributed by atoms with Gasteiger partial charge in [0.15, 0.2) is 5.69 Å². The first kappa shape index (κ1) is 17.5. The average Bonchev–Trinajstić information content (AvgIpc) is 3.05. The summed E-state index contributed by atoms with van der Waals surface area (Å²) in [5.41, 5.74) is 6.22. The van der Waals surface area contributed by atoms with E-state index in [4.69, 9.17) is 14.9 Å². The first-order chi connectivity index (χ1) is 11.1. The predicted molar refractivity (Wildman–Crippen MR) is 83.6 cm³/mol. The lowest BCUT2D eigenvalue weighted by atomic mass is 9.97. The zero-order valence-corrected chi connectivity index (χ0v) is 13.8. The predicted octanol–water partition coefficient (Wildman–Crippen LogP) is 1.89. The summed E-state index contributed by atoms with van der Waals surface area (Å²) in [6.45, 7) is 5.25. The Morgan fingerprint density at radius 2 is 2.13 bits per heavy atom. The van der Waals surface area contributed by atoms with Crippen LogP contribution in [0.1, 0.15) is 62.0 Å². The Labute approximate surface area is 136 Å². The van der Waals surface area contributed by atoms with Crippen molar-refractivity contribution in [2.75, 3.05) is 19.7 Å². The third-order valence-corrected chi connectivity index (χ3v) is 4.06. The number of amides is 1. The maximum Gasteiger partial charge on any atom is 0.309 e. The van der Waals surface area contributed by atoms with Crippen LogP contribution in [0.2, 0.25) is 0 Å². The second kappa shape index (κ2) is 8.10. The fourth-order valence-electron chi connectivity index (χ4n) is 2.73. The molecule has 1 amide bonds. The van der Waals surface area contributed by atoms with Gasteiger partial charge in [0.05, 0.1) is 18.6 Å². The van der Waals surface area contributed by atoms with E-state index in [1.807, 2.05) is 6.92 Å². The highest BCUT2D eigenvalue weighted by Gasteiger charge is 2.30. The minimum absolute atomic E-state index is 0.121. The number of piperidine rings is 1. The SMILES string of the molecule is CCCC(N)c1nc(C(=O)N2CCC(C(=O)OCC)CC2)co1. The highest BCUT2D eigenvalue weighted by molar-refractivity contribution is 5.92. The number of rotatable bonds is 6. The summed E-state index contributed by atoms with van der Waals surface area (Å²) in [6, 6.07) is -0.281. The van der Waals surface area contributed by atoms with E-state index in [9.17, 15) is 9.59 Å². The Bertz CT molecular complexity index is 535. The Morgan fingerprint density at radius 1 is 1.43 bits per heavy atom. The van der Waals surface area contributed by atoms with Crippen LogP contribution in [-0.2, 0) is 9.53 Å². The molecule has 128 valence electrons. The highest BCUT2D eigenvalue weighted by atomic mass is 16.5. The monoisotopic (exact) mass is 323 g/mol. The Kier molecular flexibility index (Phi) is 6.15. The molecule has 0 bridgehead atoms. The van der Waals surface area contributed by atoms with Crippen LogP contribution in [-0.4, -0.2) is 41.5 Å². The molecule has 1 unspecified atom stereocenters. The van der Waals surface area contributed by atoms with E-state index in [1.165, 1.54) is 6.26 Å². The number of hydrogen-bond donors (Lipinski definition) is 1. The molecule has 2 heterocycles.